The molecule has 88 valence electrons. The molecule has 0 bridgehead atoms. The summed E-state index contributed by atoms with van der Waals surface area (Å²) in [6.07, 6.45) is 2.67. The Kier molecular flexibility index (Phi) is 4.13. The van der Waals surface area contributed by atoms with Gasteiger partial charge in [0.05, 0.1) is 4.92 Å². The number of nitro groups is 1. The number of halogens is 2. The van der Waals surface area contributed by atoms with Crippen molar-refractivity contribution >= 4 is 11.8 Å². The molecule has 0 N–H and O–H groups in total. The molecule has 0 amide bonds. The van der Waals surface area contributed by atoms with Crippen molar-refractivity contribution in [3.8, 4) is 0 Å². The summed E-state index contributed by atoms with van der Waals surface area (Å²) in [5.41, 5.74) is 6.91. The first-order valence-electron chi connectivity index (χ1n) is 4.37. The summed E-state index contributed by atoms with van der Waals surface area (Å²) in [6.45, 7) is 0.0245. The first-order valence-corrected chi connectivity index (χ1v) is 4.37. The van der Waals surface area contributed by atoms with Gasteiger partial charge >= 0.3 is 5.69 Å². The molecule has 8 heteroatoms. The van der Waals surface area contributed by atoms with E-state index in [0.29, 0.717) is 0 Å². The Hall–Kier alpha value is -2.47. The first-order chi connectivity index (χ1) is 8.06. The smallest absolute Gasteiger partial charge is 0.258 e. The summed E-state index contributed by atoms with van der Waals surface area (Å²) in [5.74, 6) is -2.50. The fourth-order valence-electron chi connectivity index (χ4n) is 1.13. The van der Waals surface area contributed by atoms with E-state index in [4.69, 9.17) is 5.53 Å². The van der Waals surface area contributed by atoms with Gasteiger partial charge in [-0.15, -0.1) is 0 Å². The highest BCUT2D eigenvalue weighted by molar-refractivity contribution is 5.53. The van der Waals surface area contributed by atoms with E-state index in [2.05, 4.69) is 10.0 Å². The largest absolute Gasteiger partial charge is 0.340 e. The van der Waals surface area contributed by atoms with E-state index >= 15 is 0 Å². The third-order valence-electron chi connectivity index (χ3n) is 1.78. The van der Waals surface area contributed by atoms with E-state index in [1.807, 2.05) is 0 Å². The second kappa shape index (κ2) is 5.57. The van der Waals surface area contributed by atoms with Crippen molar-refractivity contribution in [3.05, 3.63) is 56.0 Å². The van der Waals surface area contributed by atoms with Crippen LogP contribution in [-0.2, 0) is 0 Å². The Labute approximate surface area is 94.0 Å². The number of azide groups is 1. The van der Waals surface area contributed by atoms with Crippen LogP contribution in [0.25, 0.3) is 16.5 Å². The average Bonchev–Trinajstić information content (AvgIpc) is 2.23. The van der Waals surface area contributed by atoms with Crippen molar-refractivity contribution in [2.24, 2.45) is 5.11 Å². The molecule has 0 atom stereocenters. The van der Waals surface area contributed by atoms with Gasteiger partial charge in [0.15, 0.2) is 0 Å². The number of benzene rings is 1. The molecule has 0 aliphatic rings. The maximum atomic E-state index is 13.1. The van der Waals surface area contributed by atoms with Crippen LogP contribution in [0.4, 0.5) is 14.5 Å². The third kappa shape index (κ3) is 3.25. The average molecular weight is 240 g/mol. The number of nitrogens with zero attached hydrogens (tertiary/aromatic N) is 4. The van der Waals surface area contributed by atoms with Crippen LogP contribution in [0.1, 0.15) is 5.56 Å². The molecule has 0 radical (unpaired) electrons. The molecule has 6 nitrogen and oxygen atoms in total. The van der Waals surface area contributed by atoms with Gasteiger partial charge in [-0.25, -0.2) is 0 Å². The quantitative estimate of drug-likeness (QED) is 0.266. The van der Waals surface area contributed by atoms with E-state index < -0.39 is 22.2 Å². The predicted octanol–water partition coefficient (Wildman–Crippen LogP) is 3.20. The SMILES string of the molecule is [N-]=[N+]=NCC=Cc1cc(F)c([N+](=O)[O-])c(F)c1. The van der Waals surface area contributed by atoms with Gasteiger partial charge < -0.3 is 0 Å². The summed E-state index contributed by atoms with van der Waals surface area (Å²) >= 11 is 0. The lowest BCUT2D eigenvalue weighted by Crippen LogP contribution is -1.97. The highest BCUT2D eigenvalue weighted by atomic mass is 19.1. The van der Waals surface area contributed by atoms with Crippen LogP contribution < -0.4 is 0 Å². The van der Waals surface area contributed by atoms with Crippen LogP contribution in [0, 0.1) is 21.7 Å². The van der Waals surface area contributed by atoms with Crippen LogP contribution in [0.15, 0.2) is 23.3 Å². The number of hydrogen-bond acceptors (Lipinski definition) is 3. The molecular formula is C9H6F2N4O2. The molecule has 0 saturated carbocycles. The normalized spacial score (nSPS) is 10.2. The van der Waals surface area contributed by atoms with Crippen molar-refractivity contribution in [2.45, 2.75) is 0 Å². The molecular weight excluding hydrogens is 234 g/mol. The monoisotopic (exact) mass is 240 g/mol. The third-order valence-corrected chi connectivity index (χ3v) is 1.78. The van der Waals surface area contributed by atoms with E-state index in [-0.39, 0.29) is 12.1 Å². The molecule has 17 heavy (non-hydrogen) atoms. The molecule has 0 aliphatic heterocycles. The van der Waals surface area contributed by atoms with Crippen molar-refractivity contribution < 1.29 is 13.7 Å². The van der Waals surface area contributed by atoms with E-state index in [9.17, 15) is 18.9 Å². The zero-order valence-corrected chi connectivity index (χ0v) is 8.38. The molecule has 1 aromatic carbocycles. The van der Waals surface area contributed by atoms with Gasteiger partial charge in [-0.2, -0.15) is 8.78 Å². The minimum Gasteiger partial charge on any atom is -0.258 e. The first kappa shape index (κ1) is 12.6. The Morgan fingerprint density at radius 3 is 2.53 bits per heavy atom. The van der Waals surface area contributed by atoms with Gasteiger partial charge in [-0.05, 0) is 23.2 Å². The molecule has 0 saturated heterocycles. The summed E-state index contributed by atoms with van der Waals surface area (Å²) in [7, 11) is 0. The van der Waals surface area contributed by atoms with Gasteiger partial charge in [-0.3, -0.25) is 10.1 Å². The Bertz CT molecular complexity index is 501. The fraction of sp³-hybridized carbons (Fsp3) is 0.111. The summed E-state index contributed by atoms with van der Waals surface area (Å²) < 4.78 is 26.3. The van der Waals surface area contributed by atoms with Crippen molar-refractivity contribution in [1.82, 2.24) is 0 Å². The second-order valence-corrected chi connectivity index (χ2v) is 2.91. The highest BCUT2D eigenvalue weighted by Crippen LogP contribution is 2.23. The molecule has 0 unspecified atom stereocenters. The van der Waals surface area contributed by atoms with Gasteiger partial charge in [0.1, 0.15) is 0 Å². The lowest BCUT2D eigenvalue weighted by Gasteiger charge is -1.98. The van der Waals surface area contributed by atoms with E-state index in [0.717, 1.165) is 12.1 Å². The molecule has 0 fully saturated rings. The van der Waals surface area contributed by atoms with Crippen LogP contribution in [-0.4, -0.2) is 11.5 Å². The number of hydrogen-bond donors (Lipinski definition) is 0. The standard InChI is InChI=1S/C9H6F2N4O2/c10-7-4-6(2-1-3-13-14-12)5-8(11)9(7)15(16)17/h1-2,4-5H,3H2. The van der Waals surface area contributed by atoms with Gasteiger partial charge in [0.2, 0.25) is 11.6 Å². The summed E-state index contributed by atoms with van der Waals surface area (Å²) in [5, 5.41) is 13.5. The molecule has 0 aromatic heterocycles. The van der Waals surface area contributed by atoms with Crippen LogP contribution in [0.2, 0.25) is 0 Å². The van der Waals surface area contributed by atoms with E-state index in [1.165, 1.54) is 12.2 Å². The van der Waals surface area contributed by atoms with Crippen LogP contribution >= 0.6 is 0 Å². The highest BCUT2D eigenvalue weighted by Gasteiger charge is 2.21. The second-order valence-electron chi connectivity index (χ2n) is 2.91. The zero-order chi connectivity index (χ0) is 12.8. The lowest BCUT2D eigenvalue weighted by atomic mass is 10.1. The van der Waals surface area contributed by atoms with Gasteiger partial charge in [0, 0.05) is 11.5 Å². The lowest BCUT2D eigenvalue weighted by molar-refractivity contribution is -0.390. The Morgan fingerprint density at radius 2 is 2.06 bits per heavy atom. The van der Waals surface area contributed by atoms with Crippen LogP contribution in [0.5, 0.6) is 0 Å². The maximum Gasteiger partial charge on any atom is 0.340 e. The van der Waals surface area contributed by atoms with Crippen molar-refractivity contribution in [1.29, 1.82) is 0 Å². The zero-order valence-electron chi connectivity index (χ0n) is 8.38. The fourth-order valence-corrected chi connectivity index (χ4v) is 1.13. The van der Waals surface area contributed by atoms with Gasteiger partial charge in [-0.1, -0.05) is 17.3 Å². The minimum atomic E-state index is -1.25. The van der Waals surface area contributed by atoms with Crippen molar-refractivity contribution in [3.63, 3.8) is 0 Å². The maximum absolute atomic E-state index is 13.1. The van der Waals surface area contributed by atoms with Crippen LogP contribution in [0.3, 0.4) is 0 Å². The topological polar surface area (TPSA) is 91.9 Å². The summed E-state index contributed by atoms with van der Waals surface area (Å²) in [4.78, 5) is 11.7. The molecule has 1 aromatic rings. The molecule has 0 aliphatic carbocycles. The number of rotatable bonds is 4. The van der Waals surface area contributed by atoms with Crippen molar-refractivity contribution in [2.75, 3.05) is 6.54 Å². The molecule has 1 rings (SSSR count). The summed E-state index contributed by atoms with van der Waals surface area (Å²) in [6, 6.07) is 1.65. The molecule has 0 heterocycles. The van der Waals surface area contributed by atoms with E-state index in [1.54, 1.807) is 0 Å². The Balaban J connectivity index is 3.02. The molecule has 0 spiro atoms. The Morgan fingerprint density at radius 1 is 1.47 bits per heavy atom. The predicted molar refractivity (Wildman–Crippen MR) is 56.1 cm³/mol. The van der Waals surface area contributed by atoms with Gasteiger partial charge in [0.25, 0.3) is 0 Å². The number of nitro benzene ring substituents is 1. The minimum absolute atomic E-state index is 0.0245.